The van der Waals surface area contributed by atoms with Crippen molar-refractivity contribution < 1.29 is 4.79 Å². The number of carbonyl (C=O) groups excluding carboxylic acids is 1. The average molecular weight is 336 g/mol. The van der Waals surface area contributed by atoms with Crippen molar-refractivity contribution in [3.8, 4) is 11.3 Å². The number of aromatic nitrogens is 1. The standard InChI is InChI=1S/C20H20N2OS/c1-14-5-3-4-6-18(14)11-20(23)21-12-16-7-9-17(10-8-16)19-13-24-15(2)22-19/h3-10,13H,11-12H2,1-2H3,(H,21,23). The van der Waals surface area contributed by atoms with Gasteiger partial charge in [-0.15, -0.1) is 11.3 Å². The minimum absolute atomic E-state index is 0.0449. The largest absolute Gasteiger partial charge is 0.352 e. The van der Waals surface area contributed by atoms with Gasteiger partial charge in [0.15, 0.2) is 0 Å². The van der Waals surface area contributed by atoms with Gasteiger partial charge < -0.3 is 5.32 Å². The Labute approximate surface area is 146 Å². The molecule has 1 heterocycles. The van der Waals surface area contributed by atoms with Crippen molar-refractivity contribution in [1.82, 2.24) is 10.3 Å². The van der Waals surface area contributed by atoms with Crippen LogP contribution in [0.2, 0.25) is 0 Å². The molecule has 3 aromatic rings. The number of nitrogens with zero attached hydrogens (tertiary/aromatic N) is 1. The van der Waals surface area contributed by atoms with Crippen LogP contribution in [0.4, 0.5) is 0 Å². The maximum Gasteiger partial charge on any atom is 0.224 e. The highest BCUT2D eigenvalue weighted by atomic mass is 32.1. The van der Waals surface area contributed by atoms with Crippen molar-refractivity contribution in [3.63, 3.8) is 0 Å². The summed E-state index contributed by atoms with van der Waals surface area (Å²) in [6.07, 6.45) is 0.420. The van der Waals surface area contributed by atoms with Gasteiger partial charge in [0.1, 0.15) is 0 Å². The molecular weight excluding hydrogens is 316 g/mol. The minimum atomic E-state index is 0.0449. The first-order chi connectivity index (χ1) is 11.6. The first-order valence-corrected chi connectivity index (χ1v) is 8.82. The lowest BCUT2D eigenvalue weighted by atomic mass is 10.1. The summed E-state index contributed by atoms with van der Waals surface area (Å²) in [5.74, 6) is 0.0449. The third kappa shape index (κ3) is 4.09. The first kappa shape index (κ1) is 16.4. The van der Waals surface area contributed by atoms with Crippen LogP contribution in [-0.2, 0) is 17.8 Å². The second-order valence-corrected chi connectivity index (χ2v) is 6.89. The molecule has 3 rings (SSSR count). The molecule has 0 bridgehead atoms. The van der Waals surface area contributed by atoms with Gasteiger partial charge in [0.25, 0.3) is 0 Å². The predicted molar refractivity (Wildman–Crippen MR) is 99.0 cm³/mol. The molecule has 0 radical (unpaired) electrons. The van der Waals surface area contributed by atoms with Crippen molar-refractivity contribution in [1.29, 1.82) is 0 Å². The zero-order valence-electron chi connectivity index (χ0n) is 13.9. The Bertz CT molecular complexity index is 837. The van der Waals surface area contributed by atoms with Crippen LogP contribution in [0.25, 0.3) is 11.3 Å². The fraction of sp³-hybridized carbons (Fsp3) is 0.200. The first-order valence-electron chi connectivity index (χ1n) is 7.94. The Kier molecular flexibility index (Phi) is 5.06. The van der Waals surface area contributed by atoms with Crippen LogP contribution in [-0.4, -0.2) is 10.9 Å². The summed E-state index contributed by atoms with van der Waals surface area (Å²) in [6, 6.07) is 16.2. The highest BCUT2D eigenvalue weighted by Crippen LogP contribution is 2.21. The SMILES string of the molecule is Cc1nc(-c2ccc(CNC(=O)Cc3ccccc3C)cc2)cs1. The van der Waals surface area contributed by atoms with E-state index in [1.165, 1.54) is 0 Å². The molecule has 0 aliphatic heterocycles. The number of rotatable bonds is 5. The van der Waals surface area contributed by atoms with Gasteiger partial charge in [0.05, 0.1) is 17.1 Å². The Morgan fingerprint density at radius 3 is 2.50 bits per heavy atom. The molecule has 24 heavy (non-hydrogen) atoms. The number of amides is 1. The molecule has 1 N–H and O–H groups in total. The average Bonchev–Trinajstić information content (AvgIpc) is 3.02. The molecule has 0 unspecified atom stereocenters. The highest BCUT2D eigenvalue weighted by molar-refractivity contribution is 7.09. The summed E-state index contributed by atoms with van der Waals surface area (Å²) in [4.78, 5) is 16.6. The minimum Gasteiger partial charge on any atom is -0.352 e. The maximum atomic E-state index is 12.1. The molecule has 1 aromatic heterocycles. The lowest BCUT2D eigenvalue weighted by Gasteiger charge is -2.08. The summed E-state index contributed by atoms with van der Waals surface area (Å²) in [5, 5.41) is 6.12. The van der Waals surface area contributed by atoms with Crippen LogP contribution in [0, 0.1) is 13.8 Å². The number of hydrogen-bond acceptors (Lipinski definition) is 3. The second kappa shape index (κ2) is 7.41. The van der Waals surface area contributed by atoms with E-state index < -0.39 is 0 Å². The molecule has 0 saturated heterocycles. The zero-order chi connectivity index (χ0) is 16.9. The molecular formula is C20H20N2OS. The predicted octanol–water partition coefficient (Wildman–Crippen LogP) is 4.29. The fourth-order valence-electron chi connectivity index (χ4n) is 2.53. The molecule has 0 fully saturated rings. The van der Waals surface area contributed by atoms with Crippen LogP contribution < -0.4 is 5.32 Å². The van der Waals surface area contributed by atoms with E-state index in [0.29, 0.717) is 13.0 Å². The Morgan fingerprint density at radius 2 is 1.83 bits per heavy atom. The van der Waals surface area contributed by atoms with Crippen LogP contribution in [0.1, 0.15) is 21.7 Å². The molecule has 0 aliphatic rings. The van der Waals surface area contributed by atoms with Crippen molar-refractivity contribution in [2.45, 2.75) is 26.8 Å². The highest BCUT2D eigenvalue weighted by Gasteiger charge is 2.06. The van der Waals surface area contributed by atoms with E-state index >= 15 is 0 Å². The van der Waals surface area contributed by atoms with Crippen molar-refractivity contribution in [2.24, 2.45) is 0 Å². The normalized spacial score (nSPS) is 10.6. The van der Waals surface area contributed by atoms with Gasteiger partial charge in [0.2, 0.25) is 5.91 Å². The number of hydrogen-bond donors (Lipinski definition) is 1. The number of thiazole rings is 1. The fourth-order valence-corrected chi connectivity index (χ4v) is 3.16. The van der Waals surface area contributed by atoms with Crippen LogP contribution in [0.3, 0.4) is 0 Å². The van der Waals surface area contributed by atoms with Gasteiger partial charge in [-0.3, -0.25) is 4.79 Å². The Balaban J connectivity index is 1.57. The van der Waals surface area contributed by atoms with Crippen LogP contribution in [0.5, 0.6) is 0 Å². The van der Waals surface area contributed by atoms with E-state index in [1.807, 2.05) is 50.2 Å². The molecule has 122 valence electrons. The van der Waals surface area contributed by atoms with Crippen molar-refractivity contribution in [3.05, 3.63) is 75.6 Å². The van der Waals surface area contributed by atoms with Gasteiger partial charge in [-0.2, -0.15) is 0 Å². The quantitative estimate of drug-likeness (QED) is 0.755. The van der Waals surface area contributed by atoms with Gasteiger partial charge >= 0.3 is 0 Å². The third-order valence-electron chi connectivity index (χ3n) is 3.97. The van der Waals surface area contributed by atoms with Gasteiger partial charge in [-0.25, -0.2) is 4.98 Å². The molecule has 4 heteroatoms. The number of carbonyl (C=O) groups is 1. The topological polar surface area (TPSA) is 42.0 Å². The summed E-state index contributed by atoms with van der Waals surface area (Å²) in [5.41, 5.74) is 5.42. The molecule has 1 amide bonds. The lowest BCUT2D eigenvalue weighted by molar-refractivity contribution is -0.120. The van der Waals surface area contributed by atoms with Crippen LogP contribution in [0.15, 0.2) is 53.9 Å². The van der Waals surface area contributed by atoms with E-state index in [1.54, 1.807) is 11.3 Å². The molecule has 0 saturated carbocycles. The van der Waals surface area contributed by atoms with E-state index in [9.17, 15) is 4.79 Å². The smallest absolute Gasteiger partial charge is 0.224 e. The van der Waals surface area contributed by atoms with Crippen molar-refractivity contribution in [2.75, 3.05) is 0 Å². The van der Waals surface area contributed by atoms with Crippen molar-refractivity contribution >= 4 is 17.2 Å². The number of benzene rings is 2. The molecule has 0 spiro atoms. The van der Waals surface area contributed by atoms with E-state index in [2.05, 4.69) is 27.8 Å². The summed E-state index contributed by atoms with van der Waals surface area (Å²) >= 11 is 1.65. The Morgan fingerprint density at radius 1 is 1.08 bits per heavy atom. The summed E-state index contributed by atoms with van der Waals surface area (Å²) in [7, 11) is 0. The number of nitrogens with one attached hydrogen (secondary N) is 1. The Hall–Kier alpha value is -2.46. The zero-order valence-corrected chi connectivity index (χ0v) is 14.7. The monoisotopic (exact) mass is 336 g/mol. The molecule has 0 aliphatic carbocycles. The lowest BCUT2D eigenvalue weighted by Crippen LogP contribution is -2.24. The van der Waals surface area contributed by atoms with Crippen LogP contribution >= 0.6 is 11.3 Å². The molecule has 2 aromatic carbocycles. The van der Waals surface area contributed by atoms with Gasteiger partial charge in [-0.05, 0) is 30.5 Å². The molecule has 3 nitrogen and oxygen atoms in total. The van der Waals surface area contributed by atoms with E-state index in [0.717, 1.165) is 33.0 Å². The summed E-state index contributed by atoms with van der Waals surface area (Å²) in [6.45, 7) is 4.58. The van der Waals surface area contributed by atoms with E-state index in [4.69, 9.17) is 0 Å². The van der Waals surface area contributed by atoms with Gasteiger partial charge in [-0.1, -0.05) is 48.5 Å². The third-order valence-corrected chi connectivity index (χ3v) is 4.74. The summed E-state index contributed by atoms with van der Waals surface area (Å²) < 4.78 is 0. The number of aryl methyl sites for hydroxylation is 2. The molecule has 0 atom stereocenters. The van der Waals surface area contributed by atoms with E-state index in [-0.39, 0.29) is 5.91 Å². The maximum absolute atomic E-state index is 12.1. The second-order valence-electron chi connectivity index (χ2n) is 5.83. The van der Waals surface area contributed by atoms with Gasteiger partial charge in [0, 0.05) is 17.5 Å².